The Hall–Kier alpha value is -3.04. The zero-order valence-electron chi connectivity index (χ0n) is 15.7. The molecule has 0 saturated heterocycles. The van der Waals surface area contributed by atoms with E-state index in [2.05, 4.69) is 9.84 Å². The first-order valence-corrected chi connectivity index (χ1v) is 9.16. The van der Waals surface area contributed by atoms with Gasteiger partial charge in [0, 0.05) is 28.8 Å². The van der Waals surface area contributed by atoms with Crippen LogP contribution in [0, 0.1) is 24.1 Å². The number of methoxy groups -OCH3 is 1. The van der Waals surface area contributed by atoms with Gasteiger partial charge in [-0.25, -0.2) is 13.6 Å². The second kappa shape index (κ2) is 8.54. The fourth-order valence-electron chi connectivity index (χ4n) is 3.54. The highest BCUT2D eigenvalue weighted by atomic mass is 35.5. The highest BCUT2D eigenvalue weighted by Crippen LogP contribution is 2.43. The van der Waals surface area contributed by atoms with Crippen molar-refractivity contribution in [3.05, 3.63) is 93.1 Å². The number of esters is 1. The molecule has 1 aliphatic heterocycles. The molecular weight excluding hydrogens is 398 g/mol. The molecule has 2 aromatic carbocycles. The van der Waals surface area contributed by atoms with Crippen molar-refractivity contribution in [3.8, 4) is 0 Å². The summed E-state index contributed by atoms with van der Waals surface area (Å²) in [6, 6.07) is 9.83. The third-order valence-electron chi connectivity index (χ3n) is 4.82. The van der Waals surface area contributed by atoms with Gasteiger partial charge in [-0.3, -0.25) is 9.79 Å². The number of rotatable bonds is 4. The Kier molecular flexibility index (Phi) is 6.09. The molecule has 0 aliphatic carbocycles. The van der Waals surface area contributed by atoms with Gasteiger partial charge in [0.25, 0.3) is 0 Å². The molecule has 0 amide bonds. The topological polar surface area (TPSA) is 43.0 Å². The van der Waals surface area contributed by atoms with Crippen molar-refractivity contribution in [1.29, 1.82) is 0 Å². The second-order valence-corrected chi connectivity index (χ2v) is 7.06. The zero-order chi connectivity index (χ0) is 21.1. The van der Waals surface area contributed by atoms with Crippen LogP contribution in [-0.2, 0) is 16.0 Å². The molecule has 0 saturated carbocycles. The Balaban J connectivity index is 2.18. The molecule has 1 heterocycles. The van der Waals surface area contributed by atoms with E-state index in [0.717, 1.165) is 6.07 Å². The molecule has 0 aromatic heterocycles. The van der Waals surface area contributed by atoms with Crippen LogP contribution in [0.5, 0.6) is 0 Å². The standard InChI is InChI=1S/C22H17ClF2N2O2/c1-12-19(22(28)29-3)20(16-8-7-15(25)11-17(16)23)21(26-2)18(27-12)10-13-5-4-6-14(24)9-13/h4-9,11,19-20H,10H2,1,3H3. The molecule has 2 aromatic rings. The number of hydrogen-bond acceptors (Lipinski definition) is 3. The summed E-state index contributed by atoms with van der Waals surface area (Å²) in [6.45, 7) is 9.40. The lowest BCUT2D eigenvalue weighted by molar-refractivity contribution is -0.143. The van der Waals surface area contributed by atoms with E-state index in [1.807, 2.05) is 0 Å². The number of allylic oxidation sites excluding steroid dienone is 2. The molecule has 0 N–H and O–H groups in total. The van der Waals surface area contributed by atoms with Gasteiger partial charge in [0.1, 0.15) is 11.6 Å². The van der Waals surface area contributed by atoms with E-state index in [-0.39, 0.29) is 17.1 Å². The lowest BCUT2D eigenvalue weighted by Crippen LogP contribution is -2.33. The van der Waals surface area contributed by atoms with Gasteiger partial charge in [-0.2, -0.15) is 0 Å². The lowest BCUT2D eigenvalue weighted by atomic mass is 9.78. The minimum Gasteiger partial charge on any atom is -0.469 e. The van der Waals surface area contributed by atoms with Crippen LogP contribution >= 0.6 is 11.6 Å². The number of nitrogens with zero attached hydrogens (tertiary/aromatic N) is 2. The monoisotopic (exact) mass is 414 g/mol. The second-order valence-electron chi connectivity index (χ2n) is 6.65. The molecule has 148 valence electrons. The van der Waals surface area contributed by atoms with E-state index in [0.29, 0.717) is 22.5 Å². The number of aliphatic imine (C=N–C) groups is 1. The van der Waals surface area contributed by atoms with E-state index in [4.69, 9.17) is 22.9 Å². The largest absolute Gasteiger partial charge is 0.469 e. The Bertz CT molecular complexity index is 1070. The minimum absolute atomic E-state index is 0.102. The van der Waals surface area contributed by atoms with Crippen molar-refractivity contribution in [3.63, 3.8) is 0 Å². The molecule has 4 nitrogen and oxygen atoms in total. The molecular formula is C22H17ClF2N2O2. The molecule has 0 spiro atoms. The number of carbonyl (C=O) groups is 1. The summed E-state index contributed by atoms with van der Waals surface area (Å²) < 4.78 is 32.1. The maximum Gasteiger partial charge on any atom is 0.314 e. The predicted molar refractivity (Wildman–Crippen MR) is 106 cm³/mol. The van der Waals surface area contributed by atoms with Crippen molar-refractivity contribution < 1.29 is 18.3 Å². The van der Waals surface area contributed by atoms with Gasteiger partial charge >= 0.3 is 5.97 Å². The highest BCUT2D eigenvalue weighted by molar-refractivity contribution is 6.31. The van der Waals surface area contributed by atoms with Crippen LogP contribution in [0.1, 0.15) is 24.0 Å². The summed E-state index contributed by atoms with van der Waals surface area (Å²) in [7, 11) is 1.25. The molecule has 7 heteroatoms. The summed E-state index contributed by atoms with van der Waals surface area (Å²) in [5.41, 5.74) is 2.12. The fourth-order valence-corrected chi connectivity index (χ4v) is 3.82. The van der Waals surface area contributed by atoms with E-state index in [9.17, 15) is 13.6 Å². The Morgan fingerprint density at radius 2 is 1.97 bits per heavy atom. The molecule has 2 atom stereocenters. The number of halogens is 3. The van der Waals surface area contributed by atoms with Gasteiger partial charge in [-0.1, -0.05) is 29.8 Å². The van der Waals surface area contributed by atoms with Crippen LogP contribution in [0.2, 0.25) is 5.02 Å². The van der Waals surface area contributed by atoms with Crippen molar-refractivity contribution in [2.45, 2.75) is 19.3 Å². The third-order valence-corrected chi connectivity index (χ3v) is 5.15. The van der Waals surface area contributed by atoms with Gasteiger partial charge in [0.05, 0.1) is 19.6 Å². The Morgan fingerprint density at radius 1 is 1.24 bits per heavy atom. The first kappa shape index (κ1) is 20.7. The summed E-state index contributed by atoms with van der Waals surface area (Å²) in [5, 5.41) is 0.102. The first-order chi connectivity index (χ1) is 13.8. The summed E-state index contributed by atoms with van der Waals surface area (Å²) in [5.74, 6) is -3.14. The molecule has 0 fully saturated rings. The summed E-state index contributed by atoms with van der Waals surface area (Å²) in [6.07, 6.45) is 0.204. The van der Waals surface area contributed by atoms with E-state index in [1.54, 1.807) is 19.1 Å². The molecule has 0 radical (unpaired) electrons. The van der Waals surface area contributed by atoms with Crippen LogP contribution in [-0.4, -0.2) is 18.8 Å². The fraction of sp³-hybridized carbons (Fsp3) is 0.227. The van der Waals surface area contributed by atoms with Crippen LogP contribution in [0.15, 0.2) is 58.9 Å². The van der Waals surface area contributed by atoms with Gasteiger partial charge in [-0.05, 0) is 42.3 Å². The molecule has 0 bridgehead atoms. The van der Waals surface area contributed by atoms with E-state index < -0.39 is 29.4 Å². The maximum absolute atomic E-state index is 13.6. The number of carbonyl (C=O) groups excluding carboxylic acids is 1. The van der Waals surface area contributed by atoms with Gasteiger partial charge in [0.15, 0.2) is 5.70 Å². The Morgan fingerprint density at radius 3 is 2.59 bits per heavy atom. The highest BCUT2D eigenvalue weighted by Gasteiger charge is 2.41. The number of hydrogen-bond donors (Lipinski definition) is 0. The van der Waals surface area contributed by atoms with E-state index in [1.165, 1.54) is 31.4 Å². The summed E-state index contributed by atoms with van der Waals surface area (Å²) >= 11 is 6.27. The van der Waals surface area contributed by atoms with Gasteiger partial charge in [-0.15, -0.1) is 0 Å². The van der Waals surface area contributed by atoms with Crippen LogP contribution in [0.25, 0.3) is 4.85 Å². The number of ether oxygens (including phenoxy) is 1. The summed E-state index contributed by atoms with van der Waals surface area (Å²) in [4.78, 5) is 20.6. The third kappa shape index (κ3) is 4.20. The number of benzene rings is 2. The predicted octanol–water partition coefficient (Wildman–Crippen LogP) is 5.34. The van der Waals surface area contributed by atoms with Crippen molar-refractivity contribution in [1.82, 2.24) is 0 Å². The van der Waals surface area contributed by atoms with Gasteiger partial charge in [0.2, 0.25) is 0 Å². The zero-order valence-corrected chi connectivity index (χ0v) is 16.5. The smallest absolute Gasteiger partial charge is 0.314 e. The SMILES string of the molecule is [C-]#[N+]C1=C(Cc2cccc(F)c2)N=C(C)C(C(=O)OC)C1c1ccc(F)cc1Cl. The first-order valence-electron chi connectivity index (χ1n) is 8.78. The van der Waals surface area contributed by atoms with Crippen LogP contribution in [0.3, 0.4) is 0 Å². The van der Waals surface area contributed by atoms with Gasteiger partial charge < -0.3 is 4.74 Å². The van der Waals surface area contributed by atoms with E-state index >= 15 is 0 Å². The van der Waals surface area contributed by atoms with Crippen molar-refractivity contribution >= 4 is 23.3 Å². The molecule has 3 rings (SSSR count). The minimum atomic E-state index is -0.872. The average Bonchev–Trinajstić information content (AvgIpc) is 2.67. The van der Waals surface area contributed by atoms with Crippen LogP contribution in [0.4, 0.5) is 8.78 Å². The normalized spacial score (nSPS) is 18.8. The average molecular weight is 415 g/mol. The lowest BCUT2D eigenvalue weighted by Gasteiger charge is -2.30. The Labute approximate surface area is 172 Å². The van der Waals surface area contributed by atoms with Crippen molar-refractivity contribution in [2.24, 2.45) is 10.9 Å². The molecule has 29 heavy (non-hydrogen) atoms. The van der Waals surface area contributed by atoms with Crippen LogP contribution < -0.4 is 0 Å². The maximum atomic E-state index is 13.6. The molecule has 1 aliphatic rings. The van der Waals surface area contributed by atoms with Crippen molar-refractivity contribution in [2.75, 3.05) is 7.11 Å². The quantitative estimate of drug-likeness (QED) is 0.500. The molecule has 2 unspecified atom stereocenters.